The van der Waals surface area contributed by atoms with Crippen LogP contribution < -0.4 is 0 Å². The summed E-state index contributed by atoms with van der Waals surface area (Å²) in [5.74, 6) is 0. The molecule has 3 heterocycles. The molecular formula is C23H27N3. The average Bonchev–Trinajstić information content (AvgIpc) is 3.10. The number of nitrogens with zero attached hydrogens (tertiary/aromatic N) is 3. The van der Waals surface area contributed by atoms with E-state index >= 15 is 0 Å². The molecule has 4 rings (SSSR count). The summed E-state index contributed by atoms with van der Waals surface area (Å²) in [6.07, 6.45) is 14.0. The highest BCUT2D eigenvalue weighted by molar-refractivity contribution is 5.65. The van der Waals surface area contributed by atoms with Crippen LogP contribution >= 0.6 is 0 Å². The summed E-state index contributed by atoms with van der Waals surface area (Å²) in [5.41, 5.74) is 5.68. The van der Waals surface area contributed by atoms with Gasteiger partial charge in [-0.1, -0.05) is 42.8 Å². The Morgan fingerprint density at radius 1 is 1.04 bits per heavy atom. The molecule has 0 saturated carbocycles. The quantitative estimate of drug-likeness (QED) is 0.633. The van der Waals surface area contributed by atoms with Gasteiger partial charge >= 0.3 is 0 Å². The first kappa shape index (κ1) is 17.0. The summed E-state index contributed by atoms with van der Waals surface area (Å²) >= 11 is 0. The van der Waals surface area contributed by atoms with Crippen LogP contribution in [0.15, 0.2) is 54.9 Å². The number of aromatic nitrogens is 2. The molecule has 2 aromatic heterocycles. The number of aryl methyl sites for hydroxylation is 1. The zero-order valence-electron chi connectivity index (χ0n) is 15.6. The van der Waals surface area contributed by atoms with Crippen LogP contribution in [0.5, 0.6) is 0 Å². The van der Waals surface area contributed by atoms with Gasteiger partial charge in [-0.3, -0.25) is 0 Å². The molecule has 26 heavy (non-hydrogen) atoms. The first-order valence-corrected chi connectivity index (χ1v) is 9.73. The smallest absolute Gasteiger partial charge is 0.137 e. The summed E-state index contributed by atoms with van der Waals surface area (Å²) in [4.78, 5) is 7.33. The van der Waals surface area contributed by atoms with Gasteiger partial charge in [0.15, 0.2) is 0 Å². The molecule has 1 saturated heterocycles. The van der Waals surface area contributed by atoms with Crippen LogP contribution in [0.4, 0.5) is 0 Å². The van der Waals surface area contributed by atoms with Crippen molar-refractivity contribution in [2.45, 2.75) is 32.6 Å². The maximum absolute atomic E-state index is 4.74. The molecule has 0 unspecified atom stereocenters. The summed E-state index contributed by atoms with van der Waals surface area (Å²) < 4.78 is 2.08. The van der Waals surface area contributed by atoms with E-state index in [-0.39, 0.29) is 0 Å². The zero-order chi connectivity index (χ0) is 17.8. The summed E-state index contributed by atoms with van der Waals surface area (Å²) in [6.45, 7) is 5.85. The second kappa shape index (κ2) is 7.88. The highest BCUT2D eigenvalue weighted by Crippen LogP contribution is 2.20. The molecule has 3 heteroatoms. The normalized spacial score (nSPS) is 15.9. The molecule has 1 aliphatic heterocycles. The molecule has 0 spiro atoms. The number of likely N-dealkylation sites (tertiary alicyclic amines) is 1. The summed E-state index contributed by atoms with van der Waals surface area (Å²) in [5, 5.41) is 0. The topological polar surface area (TPSA) is 20.5 Å². The van der Waals surface area contributed by atoms with Gasteiger partial charge in [-0.15, -0.1) is 0 Å². The van der Waals surface area contributed by atoms with Gasteiger partial charge in [0, 0.05) is 24.5 Å². The predicted octanol–water partition coefficient (Wildman–Crippen LogP) is 5.20. The van der Waals surface area contributed by atoms with Crippen molar-refractivity contribution in [3.8, 4) is 11.3 Å². The minimum absolute atomic E-state index is 1.00. The van der Waals surface area contributed by atoms with Gasteiger partial charge in [-0.25, -0.2) is 4.98 Å². The number of imidazole rings is 1. The molecule has 134 valence electrons. The third-order valence-corrected chi connectivity index (χ3v) is 5.19. The highest BCUT2D eigenvalue weighted by Gasteiger charge is 2.08. The molecular weight excluding hydrogens is 318 g/mol. The first-order valence-electron chi connectivity index (χ1n) is 9.73. The fourth-order valence-electron chi connectivity index (χ4n) is 3.65. The van der Waals surface area contributed by atoms with Crippen LogP contribution in [-0.4, -0.2) is 33.9 Å². The second-order valence-corrected chi connectivity index (χ2v) is 7.31. The predicted molar refractivity (Wildman–Crippen MR) is 109 cm³/mol. The molecule has 1 fully saturated rings. The van der Waals surface area contributed by atoms with E-state index in [1.807, 2.05) is 0 Å². The Hall–Kier alpha value is -2.39. The molecule has 0 atom stereocenters. The largest absolute Gasteiger partial charge is 0.306 e. The average molecular weight is 345 g/mol. The third-order valence-electron chi connectivity index (χ3n) is 5.19. The lowest BCUT2D eigenvalue weighted by atomic mass is 10.1. The number of rotatable bonds is 5. The Kier molecular flexibility index (Phi) is 5.16. The Morgan fingerprint density at radius 2 is 1.85 bits per heavy atom. The number of benzene rings is 1. The molecule has 0 N–H and O–H groups in total. The van der Waals surface area contributed by atoms with E-state index in [1.54, 1.807) is 0 Å². The van der Waals surface area contributed by atoms with Crippen molar-refractivity contribution in [3.63, 3.8) is 0 Å². The fraction of sp³-hybridized carbons (Fsp3) is 0.348. The molecule has 3 aromatic rings. The Morgan fingerprint density at radius 3 is 2.65 bits per heavy atom. The molecule has 0 aliphatic carbocycles. The van der Waals surface area contributed by atoms with Crippen molar-refractivity contribution < 1.29 is 0 Å². The van der Waals surface area contributed by atoms with Crippen molar-refractivity contribution in [3.05, 3.63) is 66.0 Å². The molecule has 0 radical (unpaired) electrons. The van der Waals surface area contributed by atoms with Gasteiger partial charge in [0.25, 0.3) is 0 Å². The minimum atomic E-state index is 1.00. The maximum atomic E-state index is 4.74. The maximum Gasteiger partial charge on any atom is 0.137 e. The van der Waals surface area contributed by atoms with Gasteiger partial charge < -0.3 is 9.30 Å². The number of piperidine rings is 1. The Labute approximate surface area is 156 Å². The van der Waals surface area contributed by atoms with Crippen molar-refractivity contribution in [1.29, 1.82) is 0 Å². The number of hydrogen-bond donors (Lipinski definition) is 0. The van der Waals surface area contributed by atoms with E-state index in [0.717, 1.165) is 23.3 Å². The summed E-state index contributed by atoms with van der Waals surface area (Å²) in [7, 11) is 0. The van der Waals surface area contributed by atoms with Crippen LogP contribution in [0.2, 0.25) is 0 Å². The molecule has 1 aromatic carbocycles. The van der Waals surface area contributed by atoms with E-state index in [4.69, 9.17) is 4.98 Å². The van der Waals surface area contributed by atoms with Gasteiger partial charge in [0.2, 0.25) is 0 Å². The minimum Gasteiger partial charge on any atom is -0.306 e. The van der Waals surface area contributed by atoms with E-state index in [2.05, 4.69) is 77.2 Å². The van der Waals surface area contributed by atoms with Gasteiger partial charge in [-0.05, 0) is 62.5 Å². The van der Waals surface area contributed by atoms with Crippen molar-refractivity contribution >= 4 is 11.7 Å². The van der Waals surface area contributed by atoms with Crippen molar-refractivity contribution in [1.82, 2.24) is 14.3 Å². The van der Waals surface area contributed by atoms with E-state index in [1.165, 1.54) is 50.0 Å². The lowest BCUT2D eigenvalue weighted by molar-refractivity contribution is 0.233. The number of pyridine rings is 1. The highest BCUT2D eigenvalue weighted by atomic mass is 15.1. The fourth-order valence-corrected chi connectivity index (χ4v) is 3.65. The van der Waals surface area contributed by atoms with E-state index < -0.39 is 0 Å². The number of hydrogen-bond acceptors (Lipinski definition) is 2. The van der Waals surface area contributed by atoms with E-state index in [9.17, 15) is 0 Å². The van der Waals surface area contributed by atoms with Gasteiger partial charge in [0.1, 0.15) is 5.65 Å². The Bertz CT molecular complexity index is 883. The zero-order valence-corrected chi connectivity index (χ0v) is 15.6. The monoisotopic (exact) mass is 345 g/mol. The van der Waals surface area contributed by atoms with Crippen molar-refractivity contribution in [2.75, 3.05) is 19.6 Å². The third kappa shape index (κ3) is 4.05. The van der Waals surface area contributed by atoms with Crippen LogP contribution in [-0.2, 0) is 0 Å². The van der Waals surface area contributed by atoms with Gasteiger partial charge in [-0.2, -0.15) is 0 Å². The second-order valence-electron chi connectivity index (χ2n) is 7.31. The molecule has 1 aliphatic rings. The molecule has 3 nitrogen and oxygen atoms in total. The van der Waals surface area contributed by atoms with Gasteiger partial charge in [0.05, 0.1) is 5.69 Å². The summed E-state index contributed by atoms with van der Waals surface area (Å²) in [6, 6.07) is 12.9. The van der Waals surface area contributed by atoms with Crippen LogP contribution in [0.3, 0.4) is 0 Å². The first-order chi connectivity index (χ1) is 12.8. The van der Waals surface area contributed by atoms with Crippen LogP contribution in [0.25, 0.3) is 23.0 Å². The lowest BCUT2D eigenvalue weighted by Gasteiger charge is -2.25. The SMILES string of the molecule is Cc1ccn2cc(-c3ccc(/C=C/CCN4CCCCC4)cc3)nc2c1. The Balaban J connectivity index is 1.38. The van der Waals surface area contributed by atoms with E-state index in [0.29, 0.717) is 0 Å². The van der Waals surface area contributed by atoms with Crippen molar-refractivity contribution in [2.24, 2.45) is 0 Å². The van der Waals surface area contributed by atoms with Crippen LogP contribution in [0, 0.1) is 6.92 Å². The van der Waals surface area contributed by atoms with Crippen LogP contribution in [0.1, 0.15) is 36.8 Å². The standard InChI is InChI=1S/C23H27N3/c1-19-12-16-26-18-22(24-23(26)17-19)21-10-8-20(9-11-21)7-3-6-15-25-13-4-2-5-14-25/h3,7-12,16-18H,2,4-6,13-15H2,1H3/b7-3+. The molecule has 0 bridgehead atoms. The number of fused-ring (bicyclic) bond motifs is 1. The molecule has 0 amide bonds. The lowest BCUT2D eigenvalue weighted by Crippen LogP contribution is -2.30.